The van der Waals surface area contributed by atoms with E-state index in [1.54, 1.807) is 20.8 Å². The van der Waals surface area contributed by atoms with E-state index in [4.69, 9.17) is 10.5 Å². The van der Waals surface area contributed by atoms with Crippen LogP contribution in [0, 0.1) is 5.82 Å². The molecule has 0 aliphatic carbocycles. The number of halogens is 1. The van der Waals surface area contributed by atoms with Gasteiger partial charge in [0.1, 0.15) is 17.0 Å². The molecule has 0 heterocycles. The van der Waals surface area contributed by atoms with Gasteiger partial charge in [-0.1, -0.05) is 6.07 Å². The highest BCUT2D eigenvalue weighted by Gasteiger charge is 2.25. The first kappa shape index (κ1) is 16.4. The van der Waals surface area contributed by atoms with Crippen LogP contribution in [0.25, 0.3) is 0 Å². The second-order valence-corrected chi connectivity index (χ2v) is 5.80. The number of rotatable bonds is 3. The molecule has 0 fully saturated rings. The van der Waals surface area contributed by atoms with Crippen LogP contribution < -0.4 is 11.1 Å². The monoisotopic (exact) mass is 284 g/mol. The first-order valence-corrected chi connectivity index (χ1v) is 6.27. The molecule has 0 aromatic heterocycles. The van der Waals surface area contributed by atoms with Gasteiger partial charge in [-0.25, -0.2) is 9.18 Å². The van der Waals surface area contributed by atoms with Gasteiger partial charge in [0.15, 0.2) is 0 Å². The van der Waals surface area contributed by atoms with Crippen molar-refractivity contribution >= 4 is 11.8 Å². The van der Waals surface area contributed by atoms with Crippen LogP contribution in [0.5, 0.6) is 0 Å². The van der Waals surface area contributed by atoms with Gasteiger partial charge in [0.25, 0.3) is 0 Å². The molecule has 20 heavy (non-hydrogen) atoms. The van der Waals surface area contributed by atoms with Gasteiger partial charge in [-0.2, -0.15) is 0 Å². The molecule has 1 aromatic rings. The smallest absolute Gasteiger partial charge is 0.412 e. The van der Waals surface area contributed by atoms with Gasteiger partial charge in [-0.15, -0.1) is 0 Å². The lowest BCUT2D eigenvalue weighted by Crippen LogP contribution is -2.32. The number of nitrogens with one attached hydrogen (secondary N) is 1. The van der Waals surface area contributed by atoms with E-state index in [0.29, 0.717) is 0 Å². The SMILES string of the molecule is CC(C)(C)OC(=O)Nc1ccc(C(C)(O)CN)c(F)c1. The van der Waals surface area contributed by atoms with Crippen LogP contribution in [0.3, 0.4) is 0 Å². The van der Waals surface area contributed by atoms with Gasteiger partial charge < -0.3 is 15.6 Å². The quantitative estimate of drug-likeness (QED) is 0.795. The molecular formula is C14H21FN2O3. The van der Waals surface area contributed by atoms with Crippen LogP contribution in [-0.2, 0) is 10.3 Å². The Labute approximate surface area is 117 Å². The summed E-state index contributed by atoms with van der Waals surface area (Å²) in [6, 6.07) is 3.98. The third-order valence-electron chi connectivity index (χ3n) is 2.59. The van der Waals surface area contributed by atoms with Crippen molar-refractivity contribution in [1.29, 1.82) is 0 Å². The number of carbonyl (C=O) groups excluding carboxylic acids is 1. The highest BCUT2D eigenvalue weighted by molar-refractivity contribution is 5.84. The van der Waals surface area contributed by atoms with Gasteiger partial charge in [-0.05, 0) is 39.8 Å². The molecule has 1 atom stereocenters. The number of anilines is 1. The highest BCUT2D eigenvalue weighted by atomic mass is 19.1. The number of hydrogen-bond donors (Lipinski definition) is 3. The van der Waals surface area contributed by atoms with E-state index >= 15 is 0 Å². The van der Waals surface area contributed by atoms with E-state index in [0.717, 1.165) is 6.07 Å². The third kappa shape index (κ3) is 4.47. The van der Waals surface area contributed by atoms with E-state index in [1.165, 1.54) is 19.1 Å². The topological polar surface area (TPSA) is 84.6 Å². The maximum absolute atomic E-state index is 13.9. The van der Waals surface area contributed by atoms with Crippen molar-refractivity contribution in [3.05, 3.63) is 29.6 Å². The van der Waals surface area contributed by atoms with Crippen molar-refractivity contribution in [2.75, 3.05) is 11.9 Å². The van der Waals surface area contributed by atoms with Gasteiger partial charge in [0.2, 0.25) is 0 Å². The number of ether oxygens (including phenoxy) is 1. The lowest BCUT2D eigenvalue weighted by atomic mass is 9.95. The predicted octanol–water partition coefficient (Wildman–Crippen LogP) is 2.34. The molecule has 1 aromatic carbocycles. The highest BCUT2D eigenvalue weighted by Crippen LogP contribution is 2.25. The van der Waals surface area contributed by atoms with Crippen molar-refractivity contribution < 1.29 is 19.0 Å². The summed E-state index contributed by atoms with van der Waals surface area (Å²) in [5, 5.41) is 12.3. The molecule has 1 amide bonds. The molecule has 0 radical (unpaired) electrons. The third-order valence-corrected chi connectivity index (χ3v) is 2.59. The second-order valence-electron chi connectivity index (χ2n) is 5.80. The summed E-state index contributed by atoms with van der Waals surface area (Å²) in [5.41, 5.74) is 3.63. The molecule has 0 aliphatic heterocycles. The maximum Gasteiger partial charge on any atom is 0.412 e. The van der Waals surface area contributed by atoms with Gasteiger partial charge in [-0.3, -0.25) is 5.32 Å². The molecule has 0 saturated carbocycles. The molecule has 112 valence electrons. The molecule has 6 heteroatoms. The molecule has 0 saturated heterocycles. The minimum atomic E-state index is -1.45. The number of amides is 1. The normalized spacial score (nSPS) is 14.6. The van der Waals surface area contributed by atoms with Gasteiger partial charge in [0.05, 0.1) is 0 Å². The summed E-state index contributed by atoms with van der Waals surface area (Å²) in [6.45, 7) is 6.51. The van der Waals surface area contributed by atoms with E-state index in [2.05, 4.69) is 5.32 Å². The summed E-state index contributed by atoms with van der Waals surface area (Å²) < 4.78 is 19.0. The van der Waals surface area contributed by atoms with E-state index in [1.807, 2.05) is 0 Å². The summed E-state index contributed by atoms with van der Waals surface area (Å²) in [4.78, 5) is 11.6. The largest absolute Gasteiger partial charge is 0.444 e. The van der Waals surface area contributed by atoms with E-state index in [9.17, 15) is 14.3 Å². The van der Waals surface area contributed by atoms with E-state index < -0.39 is 23.1 Å². The standard InChI is InChI=1S/C14H21FN2O3/c1-13(2,3)20-12(18)17-9-5-6-10(11(15)7-9)14(4,19)8-16/h5-7,19H,8,16H2,1-4H3,(H,17,18). The zero-order valence-corrected chi connectivity index (χ0v) is 12.2. The maximum atomic E-state index is 13.9. The molecule has 1 rings (SSSR count). The second kappa shape index (κ2) is 5.76. The fourth-order valence-electron chi connectivity index (χ4n) is 1.56. The zero-order valence-electron chi connectivity index (χ0n) is 12.2. The van der Waals surface area contributed by atoms with Crippen LogP contribution >= 0.6 is 0 Å². The first-order valence-electron chi connectivity index (χ1n) is 6.27. The number of aliphatic hydroxyl groups is 1. The van der Waals surface area contributed by atoms with Crippen LogP contribution in [0.2, 0.25) is 0 Å². The fourth-order valence-corrected chi connectivity index (χ4v) is 1.56. The van der Waals surface area contributed by atoms with E-state index in [-0.39, 0.29) is 17.8 Å². The Bertz CT molecular complexity index is 496. The van der Waals surface area contributed by atoms with Crippen molar-refractivity contribution in [3.63, 3.8) is 0 Å². The molecule has 4 N–H and O–H groups in total. The molecule has 0 spiro atoms. The Morgan fingerprint density at radius 3 is 2.45 bits per heavy atom. The lowest BCUT2D eigenvalue weighted by molar-refractivity contribution is 0.0629. The molecule has 5 nitrogen and oxygen atoms in total. The number of hydrogen-bond acceptors (Lipinski definition) is 4. The summed E-state index contributed by atoms with van der Waals surface area (Å²) >= 11 is 0. The average molecular weight is 284 g/mol. The fraction of sp³-hybridized carbons (Fsp3) is 0.500. The summed E-state index contributed by atoms with van der Waals surface area (Å²) in [7, 11) is 0. The van der Waals surface area contributed by atoms with Gasteiger partial charge in [0, 0.05) is 17.8 Å². The predicted molar refractivity (Wildman–Crippen MR) is 74.9 cm³/mol. The minimum Gasteiger partial charge on any atom is -0.444 e. The minimum absolute atomic E-state index is 0.0785. The molecular weight excluding hydrogens is 263 g/mol. The number of nitrogens with two attached hydrogens (primary N) is 1. The average Bonchev–Trinajstić information content (AvgIpc) is 2.25. The Morgan fingerprint density at radius 2 is 2.00 bits per heavy atom. The van der Waals surface area contributed by atoms with Crippen molar-refractivity contribution in [3.8, 4) is 0 Å². The van der Waals surface area contributed by atoms with Crippen molar-refractivity contribution in [2.45, 2.75) is 38.9 Å². The zero-order chi connectivity index (χ0) is 15.6. The van der Waals surface area contributed by atoms with Crippen LogP contribution in [-0.4, -0.2) is 23.3 Å². The Hall–Kier alpha value is -1.66. The summed E-state index contributed by atoms with van der Waals surface area (Å²) in [5.74, 6) is -0.644. The summed E-state index contributed by atoms with van der Waals surface area (Å²) in [6.07, 6.45) is -0.671. The van der Waals surface area contributed by atoms with Crippen LogP contribution in [0.4, 0.5) is 14.9 Å². The van der Waals surface area contributed by atoms with Crippen LogP contribution in [0.1, 0.15) is 33.3 Å². The molecule has 0 bridgehead atoms. The number of benzene rings is 1. The molecule has 1 unspecified atom stereocenters. The first-order chi connectivity index (χ1) is 9.05. The van der Waals surface area contributed by atoms with Crippen LogP contribution in [0.15, 0.2) is 18.2 Å². The van der Waals surface area contributed by atoms with Crippen molar-refractivity contribution in [1.82, 2.24) is 0 Å². The lowest BCUT2D eigenvalue weighted by Gasteiger charge is -2.23. The van der Waals surface area contributed by atoms with Crippen molar-refractivity contribution in [2.24, 2.45) is 5.73 Å². The number of carbonyl (C=O) groups is 1. The molecule has 0 aliphatic rings. The Morgan fingerprint density at radius 1 is 1.40 bits per heavy atom. The Balaban J connectivity index is 2.86. The van der Waals surface area contributed by atoms with Gasteiger partial charge >= 0.3 is 6.09 Å². The Kier molecular flexibility index (Phi) is 4.73.